The van der Waals surface area contributed by atoms with Gasteiger partial charge in [0.25, 0.3) is 6.01 Å². The minimum absolute atomic E-state index is 0.211. The fraction of sp³-hybridized carbons (Fsp3) is 0.353. The van der Waals surface area contributed by atoms with Gasteiger partial charge in [-0.25, -0.2) is 13.8 Å². The summed E-state index contributed by atoms with van der Waals surface area (Å²) in [6.07, 6.45) is -2.76. The van der Waals surface area contributed by atoms with E-state index in [-0.39, 0.29) is 36.2 Å². The average Bonchev–Trinajstić information content (AvgIpc) is 3.54. The number of ketones is 1. The number of hydrogen-bond donors (Lipinski definition) is 0. The highest BCUT2D eigenvalue weighted by Gasteiger charge is 2.42. The molecule has 8 nitrogen and oxygen atoms in total. The monoisotopic (exact) mass is 653 g/mol. The number of Topliss-reactive ketones (excluding diaryl/α,β-unsaturated/α-hetero) is 1. The van der Waals surface area contributed by atoms with Crippen molar-refractivity contribution < 1.29 is 36.0 Å². The van der Waals surface area contributed by atoms with Crippen molar-refractivity contribution in [2.45, 2.75) is 37.8 Å². The molecule has 13 heteroatoms. The van der Waals surface area contributed by atoms with Crippen molar-refractivity contribution in [3.63, 3.8) is 0 Å². The summed E-state index contributed by atoms with van der Waals surface area (Å²) >= 11 is 0. The van der Waals surface area contributed by atoms with Gasteiger partial charge in [0.15, 0.2) is 5.69 Å². The smallest absolute Gasteiger partial charge is 0.420 e. The Bertz CT molecular complexity index is 1690. The molecule has 2 fully saturated rings. The Morgan fingerprint density at radius 3 is 2.11 bits per heavy atom. The number of anilines is 2. The molecule has 2 aromatic heterocycles. The number of benzene rings is 2. The second-order valence-corrected chi connectivity index (χ2v) is 11.7. The quantitative estimate of drug-likeness (QED) is 0.169. The van der Waals surface area contributed by atoms with Crippen LogP contribution in [-0.4, -0.2) is 65.8 Å². The molecule has 0 bridgehead atoms. The minimum atomic E-state index is -4.87. The first-order valence-electron chi connectivity index (χ1n) is 15.4. The van der Waals surface area contributed by atoms with Crippen LogP contribution >= 0.6 is 0 Å². The molecule has 0 spiro atoms. The molecule has 2 saturated heterocycles. The Kier molecular flexibility index (Phi) is 9.24. The lowest BCUT2D eigenvalue weighted by atomic mass is 9.90. The second kappa shape index (κ2) is 13.5. The number of hydrogen-bond acceptors (Lipinski definition) is 7. The van der Waals surface area contributed by atoms with Gasteiger partial charge in [0.05, 0.1) is 6.42 Å². The summed E-state index contributed by atoms with van der Waals surface area (Å²) in [7, 11) is 0. The highest BCUT2D eigenvalue weighted by Crippen LogP contribution is 2.37. The molecule has 4 aromatic rings. The van der Waals surface area contributed by atoms with Gasteiger partial charge >= 0.3 is 6.18 Å². The molecule has 4 heterocycles. The van der Waals surface area contributed by atoms with Crippen LogP contribution in [0.15, 0.2) is 71.3 Å². The summed E-state index contributed by atoms with van der Waals surface area (Å²) < 4.78 is 75.2. The maximum atomic E-state index is 14.0. The van der Waals surface area contributed by atoms with Gasteiger partial charge in [-0.3, -0.25) is 9.59 Å². The Morgan fingerprint density at radius 2 is 1.49 bits per heavy atom. The fourth-order valence-corrected chi connectivity index (χ4v) is 6.08. The summed E-state index contributed by atoms with van der Waals surface area (Å²) in [5.74, 6) is -2.76. The van der Waals surface area contributed by atoms with Gasteiger partial charge in [-0.05, 0) is 48.1 Å². The van der Waals surface area contributed by atoms with Gasteiger partial charge in [0, 0.05) is 57.4 Å². The van der Waals surface area contributed by atoms with Crippen molar-refractivity contribution in [2.24, 2.45) is 0 Å². The number of piperidine rings is 1. The van der Waals surface area contributed by atoms with Crippen LogP contribution in [-0.2, 0) is 23.8 Å². The lowest BCUT2D eigenvalue weighted by Gasteiger charge is -2.35. The van der Waals surface area contributed by atoms with E-state index in [1.54, 1.807) is 17.0 Å². The first-order valence-corrected chi connectivity index (χ1v) is 15.4. The van der Waals surface area contributed by atoms with Crippen LogP contribution in [0.1, 0.15) is 51.7 Å². The van der Waals surface area contributed by atoms with Gasteiger partial charge in [-0.15, -0.1) is 0 Å². The zero-order valence-electron chi connectivity index (χ0n) is 25.3. The maximum Gasteiger partial charge on any atom is 0.437 e. The second-order valence-electron chi connectivity index (χ2n) is 11.7. The lowest BCUT2D eigenvalue weighted by molar-refractivity contribution is -0.141. The van der Waals surface area contributed by atoms with Crippen molar-refractivity contribution in [2.75, 3.05) is 49.1 Å². The van der Waals surface area contributed by atoms with Gasteiger partial charge in [-0.1, -0.05) is 42.5 Å². The van der Waals surface area contributed by atoms with Crippen molar-refractivity contribution in [1.29, 1.82) is 0 Å². The molecule has 1 amide bonds. The number of pyridine rings is 1. The Balaban J connectivity index is 1.06. The number of carbonyl (C=O) groups is 2. The van der Waals surface area contributed by atoms with E-state index < -0.39 is 35.0 Å². The number of piperazine rings is 1. The maximum absolute atomic E-state index is 14.0. The normalized spacial score (nSPS) is 16.1. The summed E-state index contributed by atoms with van der Waals surface area (Å²) in [4.78, 5) is 39.0. The Hall–Kier alpha value is -4.81. The number of alkyl halides is 3. The molecule has 2 aliphatic heterocycles. The molecule has 0 aliphatic carbocycles. The SMILES string of the molecule is O=C(Cc1ccc(N2CCN(C(=O)Cc3c(F)cccc3F)CC2)nc1)c1oc(N2CCC(c3ccccc3)CC2)nc1C(F)(F)F. The predicted molar refractivity (Wildman–Crippen MR) is 163 cm³/mol. The largest absolute Gasteiger partial charge is 0.437 e. The van der Waals surface area contributed by atoms with Crippen LogP contribution in [0, 0.1) is 11.6 Å². The Labute approximate surface area is 267 Å². The van der Waals surface area contributed by atoms with E-state index in [1.807, 2.05) is 35.2 Å². The molecule has 47 heavy (non-hydrogen) atoms. The van der Waals surface area contributed by atoms with E-state index in [1.165, 1.54) is 22.7 Å². The van der Waals surface area contributed by atoms with Gasteiger partial charge < -0.3 is 19.1 Å². The molecule has 246 valence electrons. The molecular weight excluding hydrogens is 621 g/mol. The van der Waals surface area contributed by atoms with E-state index >= 15 is 0 Å². The molecule has 2 aliphatic rings. The number of halogens is 5. The van der Waals surface area contributed by atoms with Gasteiger partial charge in [-0.2, -0.15) is 18.2 Å². The van der Waals surface area contributed by atoms with Crippen LogP contribution in [0.5, 0.6) is 0 Å². The van der Waals surface area contributed by atoms with Crippen LogP contribution in [0.3, 0.4) is 0 Å². The number of aromatic nitrogens is 2. The predicted octanol–water partition coefficient (Wildman–Crippen LogP) is 6.07. The number of carbonyl (C=O) groups excluding carboxylic acids is 2. The fourth-order valence-electron chi connectivity index (χ4n) is 6.08. The van der Waals surface area contributed by atoms with Crippen molar-refractivity contribution in [3.05, 3.63) is 107 Å². The molecular formula is C34H32F5N5O3. The number of rotatable bonds is 8. The summed E-state index contributed by atoms with van der Waals surface area (Å²) in [6.45, 7) is 2.35. The number of nitrogens with zero attached hydrogens (tertiary/aromatic N) is 5. The zero-order chi connectivity index (χ0) is 33.1. The molecule has 0 radical (unpaired) electrons. The van der Waals surface area contributed by atoms with Gasteiger partial charge in [0.2, 0.25) is 17.5 Å². The zero-order valence-corrected chi connectivity index (χ0v) is 25.3. The third kappa shape index (κ3) is 7.28. The number of oxazole rings is 1. The minimum Gasteiger partial charge on any atom is -0.420 e. The first-order chi connectivity index (χ1) is 22.6. The third-order valence-corrected chi connectivity index (χ3v) is 8.69. The van der Waals surface area contributed by atoms with E-state index in [0.717, 1.165) is 12.1 Å². The van der Waals surface area contributed by atoms with E-state index in [2.05, 4.69) is 9.97 Å². The highest BCUT2D eigenvalue weighted by atomic mass is 19.4. The van der Waals surface area contributed by atoms with Crippen LogP contribution in [0.4, 0.5) is 33.8 Å². The van der Waals surface area contributed by atoms with E-state index in [4.69, 9.17) is 4.42 Å². The first kappa shape index (κ1) is 32.1. The summed E-state index contributed by atoms with van der Waals surface area (Å²) in [6, 6.07) is 16.4. The molecule has 0 N–H and O–H groups in total. The standard InChI is InChI=1S/C34H32F5N5O3/c35-26-7-4-8-27(36)25(26)20-30(46)43-17-15-42(16-18-43)29-10-9-22(21-40-29)19-28(45)31-32(34(37,38)39)41-33(47-31)44-13-11-24(12-14-44)23-5-2-1-3-6-23/h1-10,21,24H,11-20H2. The van der Waals surface area contributed by atoms with Crippen molar-refractivity contribution in [1.82, 2.24) is 14.9 Å². The van der Waals surface area contributed by atoms with Crippen LogP contribution in [0.2, 0.25) is 0 Å². The van der Waals surface area contributed by atoms with E-state index in [9.17, 15) is 31.5 Å². The van der Waals surface area contributed by atoms with Crippen molar-refractivity contribution >= 4 is 23.5 Å². The topological polar surface area (TPSA) is 82.8 Å². The van der Waals surface area contributed by atoms with Gasteiger partial charge in [0.1, 0.15) is 17.5 Å². The Morgan fingerprint density at radius 1 is 0.809 bits per heavy atom. The summed E-state index contributed by atoms with van der Waals surface area (Å²) in [5.41, 5.74) is -0.0244. The summed E-state index contributed by atoms with van der Waals surface area (Å²) in [5, 5.41) is 0. The van der Waals surface area contributed by atoms with Crippen LogP contribution < -0.4 is 9.80 Å². The molecule has 2 aromatic carbocycles. The number of amides is 1. The average molecular weight is 654 g/mol. The van der Waals surface area contributed by atoms with E-state index in [0.29, 0.717) is 63.5 Å². The molecule has 0 saturated carbocycles. The lowest BCUT2D eigenvalue weighted by Crippen LogP contribution is -2.49. The van der Waals surface area contributed by atoms with Crippen LogP contribution in [0.25, 0.3) is 0 Å². The third-order valence-electron chi connectivity index (χ3n) is 8.69. The molecule has 0 atom stereocenters. The van der Waals surface area contributed by atoms with Crippen molar-refractivity contribution in [3.8, 4) is 0 Å². The molecule has 0 unspecified atom stereocenters. The highest BCUT2D eigenvalue weighted by molar-refractivity contribution is 5.96. The molecule has 6 rings (SSSR count).